The summed E-state index contributed by atoms with van der Waals surface area (Å²) in [5.74, 6) is -1.07. The van der Waals surface area contributed by atoms with E-state index in [9.17, 15) is 19.8 Å². The van der Waals surface area contributed by atoms with Crippen LogP contribution in [0, 0.1) is 0 Å². The Labute approximate surface area is 143 Å². The van der Waals surface area contributed by atoms with Crippen LogP contribution in [0.2, 0.25) is 0 Å². The average molecular weight is 353 g/mol. The monoisotopic (exact) mass is 353 g/mol. The number of methoxy groups -OCH3 is 2. The number of hydrogen-bond acceptors (Lipinski definition) is 7. The van der Waals surface area contributed by atoms with E-state index in [0.717, 1.165) is 4.90 Å². The molecule has 2 unspecified atom stereocenters. The number of carboxylic acids is 1. The maximum absolute atomic E-state index is 11.7. The number of aliphatic carboxylic acids is 1. The van der Waals surface area contributed by atoms with Gasteiger partial charge in [-0.15, -0.1) is 6.58 Å². The minimum atomic E-state index is -1.42. The first-order valence-electron chi connectivity index (χ1n) is 7.28. The summed E-state index contributed by atoms with van der Waals surface area (Å²) in [5, 5.41) is 19.0. The van der Waals surface area contributed by atoms with Crippen LogP contribution in [0.25, 0.3) is 0 Å². The van der Waals surface area contributed by atoms with E-state index in [-0.39, 0.29) is 30.5 Å². The van der Waals surface area contributed by atoms with Gasteiger partial charge in [0.1, 0.15) is 0 Å². The van der Waals surface area contributed by atoms with Crippen molar-refractivity contribution in [3.05, 3.63) is 29.8 Å². The molecule has 2 atom stereocenters. The molecule has 0 spiro atoms. The van der Waals surface area contributed by atoms with E-state index < -0.39 is 24.1 Å². The van der Waals surface area contributed by atoms with Crippen LogP contribution in [0.4, 0.5) is 4.79 Å². The van der Waals surface area contributed by atoms with Crippen molar-refractivity contribution in [2.75, 3.05) is 27.4 Å². The highest BCUT2D eigenvalue weighted by molar-refractivity contribution is 5.82. The van der Waals surface area contributed by atoms with Gasteiger partial charge in [-0.3, -0.25) is 9.74 Å². The van der Waals surface area contributed by atoms with E-state index in [1.807, 2.05) is 0 Å². The molecule has 1 aliphatic rings. The molecule has 0 radical (unpaired) electrons. The van der Waals surface area contributed by atoms with Gasteiger partial charge in [-0.1, -0.05) is 6.08 Å². The zero-order chi connectivity index (χ0) is 18.6. The van der Waals surface area contributed by atoms with Gasteiger partial charge in [-0.2, -0.15) is 10.5 Å². The van der Waals surface area contributed by atoms with E-state index in [2.05, 4.69) is 17.0 Å². The van der Waals surface area contributed by atoms with Crippen molar-refractivity contribution in [2.45, 2.75) is 12.1 Å². The molecule has 2 rings (SSSR count). The van der Waals surface area contributed by atoms with E-state index in [1.54, 1.807) is 0 Å². The van der Waals surface area contributed by atoms with Crippen LogP contribution < -0.4 is 15.0 Å². The molecule has 0 aliphatic carbocycles. The van der Waals surface area contributed by atoms with E-state index >= 15 is 0 Å². The maximum atomic E-state index is 11.7. The number of fused-ring (bicyclic) bond motifs is 1. The third-order valence-electron chi connectivity index (χ3n) is 3.68. The van der Waals surface area contributed by atoms with Gasteiger partial charge in [0, 0.05) is 23.7 Å². The third-order valence-corrected chi connectivity index (χ3v) is 3.68. The summed E-state index contributed by atoms with van der Waals surface area (Å²) in [6.45, 7) is 3.53. The summed E-state index contributed by atoms with van der Waals surface area (Å²) in [4.78, 5) is 33.4. The number of hydrogen-bond donors (Lipinski definition) is 3. The van der Waals surface area contributed by atoms with Crippen LogP contribution in [0.15, 0.2) is 18.7 Å². The fourth-order valence-corrected chi connectivity index (χ4v) is 2.68. The quantitative estimate of drug-likeness (QED) is 0.373. The van der Waals surface area contributed by atoms with Crippen LogP contribution in [-0.4, -0.2) is 59.5 Å². The Balaban J connectivity index is 2.60. The van der Waals surface area contributed by atoms with Gasteiger partial charge in [-0.25, -0.2) is 9.59 Å². The highest BCUT2D eigenvalue weighted by Crippen LogP contribution is 2.41. The lowest BCUT2D eigenvalue weighted by atomic mass is 9.90. The van der Waals surface area contributed by atoms with Crippen molar-refractivity contribution in [3.8, 4) is 11.8 Å². The smallest absolute Gasteiger partial charge is 0.408 e. The van der Waals surface area contributed by atoms with Gasteiger partial charge in [-0.05, 0) is 0 Å². The van der Waals surface area contributed by atoms with E-state index in [0.29, 0.717) is 5.56 Å². The van der Waals surface area contributed by atoms with Crippen LogP contribution in [0.5, 0.6) is 11.8 Å². The lowest BCUT2D eigenvalue weighted by Crippen LogP contribution is -2.48. The van der Waals surface area contributed by atoms with Crippen molar-refractivity contribution in [1.82, 2.24) is 15.4 Å². The zero-order valence-electron chi connectivity index (χ0n) is 13.8. The first-order chi connectivity index (χ1) is 11.9. The molecule has 0 aromatic carbocycles. The minimum absolute atomic E-state index is 0.111. The Morgan fingerprint density at radius 2 is 2.16 bits per heavy atom. The summed E-state index contributed by atoms with van der Waals surface area (Å²) in [6, 6.07) is -0.723. The maximum Gasteiger partial charge on any atom is 0.408 e. The molecule has 3 N–H and O–H groups in total. The fourth-order valence-electron chi connectivity index (χ4n) is 2.68. The first-order valence-corrected chi connectivity index (χ1v) is 7.28. The molecule has 1 aromatic heterocycles. The van der Waals surface area contributed by atoms with Crippen LogP contribution >= 0.6 is 0 Å². The van der Waals surface area contributed by atoms with E-state index in [1.165, 1.54) is 26.4 Å². The Morgan fingerprint density at radius 1 is 1.44 bits per heavy atom. The summed E-state index contributed by atoms with van der Waals surface area (Å²) >= 11 is 0. The number of aromatic nitrogens is 1. The van der Waals surface area contributed by atoms with Gasteiger partial charge in [0.25, 0.3) is 0 Å². The molecule has 25 heavy (non-hydrogen) atoms. The van der Waals surface area contributed by atoms with Gasteiger partial charge in [0.05, 0.1) is 26.9 Å². The van der Waals surface area contributed by atoms with Gasteiger partial charge < -0.3 is 19.7 Å². The van der Waals surface area contributed by atoms with Gasteiger partial charge in [0.2, 0.25) is 11.8 Å². The molecule has 0 saturated carbocycles. The molecule has 1 aromatic rings. The molecular formula is C15H19N3O7. The Kier molecular flexibility index (Phi) is 5.78. The van der Waals surface area contributed by atoms with E-state index in [4.69, 9.17) is 14.3 Å². The predicted octanol–water partition coefficient (Wildman–Crippen LogP) is 0.966. The number of nitrogens with one attached hydrogen (secondary N) is 1. The summed E-state index contributed by atoms with van der Waals surface area (Å²) in [7, 11) is 2.74. The second-order valence-electron chi connectivity index (χ2n) is 5.12. The number of nitrogens with zero attached hydrogens (tertiary/aromatic N) is 2. The lowest BCUT2D eigenvalue weighted by molar-refractivity contribution is -0.143. The Bertz CT molecular complexity index is 679. The minimum Gasteiger partial charge on any atom is -0.481 e. The molecule has 10 nitrogen and oxygen atoms in total. The highest BCUT2D eigenvalue weighted by atomic mass is 16.6. The number of pyridine rings is 1. The van der Waals surface area contributed by atoms with Crippen molar-refractivity contribution >= 4 is 12.1 Å². The molecule has 0 bridgehead atoms. The second-order valence-corrected chi connectivity index (χ2v) is 5.12. The molecule has 2 heterocycles. The fraction of sp³-hybridized carbons (Fsp3) is 0.400. The number of rotatable bonds is 7. The normalized spacial score (nSPS) is 19.0. The lowest BCUT2D eigenvalue weighted by Gasteiger charge is -2.37. The first kappa shape index (κ1) is 18.5. The number of carbonyl (C=O) groups is 2. The van der Waals surface area contributed by atoms with Crippen molar-refractivity contribution in [1.29, 1.82) is 0 Å². The van der Waals surface area contributed by atoms with Crippen molar-refractivity contribution in [3.63, 3.8) is 0 Å². The third kappa shape index (κ3) is 3.64. The number of ether oxygens (including phenoxy) is 2. The Hall–Kier alpha value is -2.85. The summed E-state index contributed by atoms with van der Waals surface area (Å²) < 4.78 is 10.3. The van der Waals surface area contributed by atoms with Crippen LogP contribution in [-0.2, 0) is 9.63 Å². The number of hydroxylamine groups is 1. The van der Waals surface area contributed by atoms with Gasteiger partial charge in [0.15, 0.2) is 6.04 Å². The molecule has 0 saturated heterocycles. The predicted molar refractivity (Wildman–Crippen MR) is 84.5 cm³/mol. The number of carboxylic acid groups (broad SMARTS) is 2. The molecule has 1 aliphatic heterocycles. The molecule has 1 amide bonds. The van der Waals surface area contributed by atoms with Gasteiger partial charge >= 0.3 is 12.1 Å². The topological polar surface area (TPSA) is 130 Å². The van der Waals surface area contributed by atoms with Crippen molar-refractivity contribution < 1.29 is 34.1 Å². The zero-order valence-corrected chi connectivity index (χ0v) is 13.8. The Morgan fingerprint density at radius 3 is 2.68 bits per heavy atom. The van der Waals surface area contributed by atoms with Crippen molar-refractivity contribution in [2.24, 2.45) is 0 Å². The molecular weight excluding hydrogens is 334 g/mol. The summed E-state index contributed by atoms with van der Waals surface area (Å²) in [6.07, 6.45) is 0.137. The van der Waals surface area contributed by atoms with Crippen LogP contribution in [0.1, 0.15) is 23.2 Å². The molecule has 0 fully saturated rings. The van der Waals surface area contributed by atoms with Crippen LogP contribution in [0.3, 0.4) is 0 Å². The molecule has 136 valence electrons. The number of amides is 1. The standard InChI is InChI=1S/C15H19N3O7/c1-4-5-25-17-9-7-18(15(21)22)12(14(19)20)8-6-10(23-2)16-13(24-3)11(8)9/h4,6,9,12,17H,1,5,7H2,2-3H3,(H,19,20)(H,21,22). The average Bonchev–Trinajstić information content (AvgIpc) is 2.59. The molecule has 10 heteroatoms. The SMILES string of the molecule is C=CCONC1CN(C(=O)O)C(C(=O)O)c2cc(OC)nc(OC)c21. The highest BCUT2D eigenvalue weighted by Gasteiger charge is 2.43. The largest absolute Gasteiger partial charge is 0.481 e. The second kappa shape index (κ2) is 7.81. The summed E-state index contributed by atoms with van der Waals surface area (Å²) in [5.41, 5.74) is 3.30.